The van der Waals surface area contributed by atoms with Crippen LogP contribution in [0.5, 0.6) is 0 Å². The summed E-state index contributed by atoms with van der Waals surface area (Å²) >= 11 is 0. The van der Waals surface area contributed by atoms with E-state index >= 15 is 0 Å². The Kier molecular flexibility index (Phi) is 5.98. The number of methoxy groups -OCH3 is 1. The molecule has 27 heavy (non-hydrogen) atoms. The summed E-state index contributed by atoms with van der Waals surface area (Å²) in [6.45, 7) is 0.633. The minimum absolute atomic E-state index is 0.359. The van der Waals surface area contributed by atoms with Crippen molar-refractivity contribution in [1.29, 1.82) is 0 Å². The zero-order chi connectivity index (χ0) is 19.2. The summed E-state index contributed by atoms with van der Waals surface area (Å²) in [6, 6.07) is 11.9. The summed E-state index contributed by atoms with van der Waals surface area (Å²) in [5.74, 6) is -1.32. The fraction of sp³-hybridized carbons (Fsp3) is 0.190. The predicted molar refractivity (Wildman–Crippen MR) is 97.5 cm³/mol. The van der Waals surface area contributed by atoms with Gasteiger partial charge in [0.1, 0.15) is 11.6 Å². The number of halogens is 2. The van der Waals surface area contributed by atoms with E-state index in [-0.39, 0.29) is 0 Å². The van der Waals surface area contributed by atoms with Gasteiger partial charge >= 0.3 is 5.97 Å². The molecule has 1 atom stereocenters. The minimum Gasteiger partial charge on any atom is -0.478 e. The van der Waals surface area contributed by atoms with Gasteiger partial charge in [-0.15, -0.1) is 0 Å². The number of nitrogens with one attached hydrogen (secondary N) is 1. The molecule has 1 N–H and O–H groups in total. The second-order valence-corrected chi connectivity index (χ2v) is 5.96. The van der Waals surface area contributed by atoms with Crippen LogP contribution < -0.4 is 5.32 Å². The van der Waals surface area contributed by atoms with E-state index in [9.17, 15) is 13.6 Å². The lowest BCUT2D eigenvalue weighted by molar-refractivity contribution is -0.137. The molecular weight excluding hydrogens is 352 g/mol. The summed E-state index contributed by atoms with van der Waals surface area (Å²) in [6.07, 6.45) is 3.13. The summed E-state index contributed by atoms with van der Waals surface area (Å²) in [5.41, 5.74) is 1.91. The Morgan fingerprint density at radius 3 is 2.30 bits per heavy atom. The number of esters is 1. The first-order valence-electron chi connectivity index (χ1n) is 8.48. The molecule has 140 valence electrons. The molecule has 2 aromatic rings. The molecular formula is C21H19F2NO3. The third kappa shape index (κ3) is 4.60. The normalized spacial score (nSPS) is 16.3. The molecule has 1 aliphatic heterocycles. The molecule has 0 saturated heterocycles. The average molecular weight is 371 g/mol. The molecule has 1 heterocycles. The third-order valence-electron chi connectivity index (χ3n) is 4.14. The average Bonchev–Trinajstić information content (AvgIpc) is 2.68. The highest BCUT2D eigenvalue weighted by Crippen LogP contribution is 2.26. The molecule has 0 saturated carbocycles. The largest absolute Gasteiger partial charge is 0.478 e. The van der Waals surface area contributed by atoms with E-state index in [1.807, 2.05) is 0 Å². The molecule has 6 heteroatoms. The zero-order valence-electron chi connectivity index (χ0n) is 14.7. The van der Waals surface area contributed by atoms with Gasteiger partial charge in [0.2, 0.25) is 0 Å². The molecule has 1 aliphatic rings. The van der Waals surface area contributed by atoms with Crippen LogP contribution in [-0.2, 0) is 14.3 Å². The number of hydrogen-bond donors (Lipinski definition) is 1. The lowest BCUT2D eigenvalue weighted by Crippen LogP contribution is -2.39. The van der Waals surface area contributed by atoms with Crippen molar-refractivity contribution < 1.29 is 23.0 Å². The van der Waals surface area contributed by atoms with Crippen molar-refractivity contribution in [2.24, 2.45) is 0 Å². The molecule has 0 aliphatic carbocycles. The van der Waals surface area contributed by atoms with Gasteiger partial charge in [0, 0.05) is 12.1 Å². The van der Waals surface area contributed by atoms with E-state index in [2.05, 4.69) is 5.32 Å². The molecule has 0 fully saturated rings. The smallest absolute Gasteiger partial charge is 0.338 e. The van der Waals surface area contributed by atoms with Crippen LogP contribution in [-0.4, -0.2) is 25.9 Å². The number of hydrogen-bond acceptors (Lipinski definition) is 4. The fourth-order valence-electron chi connectivity index (χ4n) is 2.84. The van der Waals surface area contributed by atoms with Crippen LogP contribution in [0.3, 0.4) is 0 Å². The van der Waals surface area contributed by atoms with Gasteiger partial charge in [-0.25, -0.2) is 13.6 Å². The topological polar surface area (TPSA) is 47.6 Å². The molecule has 3 rings (SSSR count). The van der Waals surface area contributed by atoms with Crippen LogP contribution >= 0.6 is 0 Å². The molecule has 0 radical (unpaired) electrons. The second kappa shape index (κ2) is 8.60. The SMILES string of the molecule is COC(=O)C1=CCCNC1OC=C(c1cccc(F)c1)c1cccc(F)c1. The van der Waals surface area contributed by atoms with Gasteiger partial charge in [0.15, 0.2) is 6.23 Å². The van der Waals surface area contributed by atoms with E-state index in [1.165, 1.54) is 37.6 Å². The maximum atomic E-state index is 13.7. The van der Waals surface area contributed by atoms with Crippen LogP contribution in [0, 0.1) is 11.6 Å². The Labute approximate surface area is 156 Å². The van der Waals surface area contributed by atoms with Gasteiger partial charge in [-0.2, -0.15) is 0 Å². The maximum Gasteiger partial charge on any atom is 0.338 e. The Morgan fingerprint density at radius 2 is 1.74 bits per heavy atom. The highest BCUT2D eigenvalue weighted by molar-refractivity contribution is 5.89. The lowest BCUT2D eigenvalue weighted by Gasteiger charge is -2.24. The van der Waals surface area contributed by atoms with Crippen molar-refractivity contribution in [2.75, 3.05) is 13.7 Å². The number of rotatable bonds is 5. The van der Waals surface area contributed by atoms with Gasteiger partial charge in [-0.05, 0) is 41.8 Å². The van der Waals surface area contributed by atoms with E-state index in [0.717, 1.165) is 0 Å². The maximum absolute atomic E-state index is 13.7. The standard InChI is InChI=1S/C21H19F2NO3/c1-26-21(25)18-9-4-10-24-20(18)27-13-19(14-5-2-7-16(22)11-14)15-6-3-8-17(23)12-15/h2-3,5-9,11-13,20,24H,4,10H2,1H3. The third-order valence-corrected chi connectivity index (χ3v) is 4.14. The minimum atomic E-state index is -0.705. The second-order valence-electron chi connectivity index (χ2n) is 5.96. The number of ether oxygens (including phenoxy) is 2. The summed E-state index contributed by atoms with van der Waals surface area (Å²) in [4.78, 5) is 11.9. The van der Waals surface area contributed by atoms with Crippen LogP contribution in [0.4, 0.5) is 8.78 Å². The quantitative estimate of drug-likeness (QED) is 0.642. The van der Waals surface area contributed by atoms with Gasteiger partial charge in [0.05, 0.1) is 18.9 Å². The van der Waals surface area contributed by atoms with Crippen LogP contribution in [0.25, 0.3) is 5.57 Å². The monoisotopic (exact) mass is 371 g/mol. The van der Waals surface area contributed by atoms with Crippen molar-refractivity contribution in [3.05, 3.63) is 89.2 Å². The van der Waals surface area contributed by atoms with Crippen molar-refractivity contribution in [2.45, 2.75) is 12.6 Å². The van der Waals surface area contributed by atoms with E-state index in [1.54, 1.807) is 30.3 Å². The van der Waals surface area contributed by atoms with Crippen molar-refractivity contribution in [3.63, 3.8) is 0 Å². The number of benzene rings is 2. The van der Waals surface area contributed by atoms with Crippen molar-refractivity contribution >= 4 is 11.5 Å². The Morgan fingerprint density at radius 1 is 1.11 bits per heavy atom. The molecule has 0 aromatic heterocycles. The molecule has 1 unspecified atom stereocenters. The van der Waals surface area contributed by atoms with Gasteiger partial charge in [-0.1, -0.05) is 30.3 Å². The molecule has 0 spiro atoms. The van der Waals surface area contributed by atoms with Crippen LogP contribution in [0.1, 0.15) is 17.5 Å². The zero-order valence-corrected chi connectivity index (χ0v) is 14.7. The fourth-order valence-corrected chi connectivity index (χ4v) is 2.84. The van der Waals surface area contributed by atoms with Crippen molar-refractivity contribution in [1.82, 2.24) is 5.32 Å². The van der Waals surface area contributed by atoms with E-state index in [4.69, 9.17) is 9.47 Å². The summed E-state index contributed by atoms with van der Waals surface area (Å²) in [7, 11) is 1.30. The van der Waals surface area contributed by atoms with Gasteiger partial charge < -0.3 is 9.47 Å². The highest BCUT2D eigenvalue weighted by atomic mass is 19.1. The summed E-state index contributed by atoms with van der Waals surface area (Å²) < 4.78 is 38.0. The van der Waals surface area contributed by atoms with E-state index < -0.39 is 23.8 Å². The predicted octanol–water partition coefficient (Wildman–Crippen LogP) is 3.79. The first-order chi connectivity index (χ1) is 13.1. The molecule has 0 bridgehead atoms. The van der Waals surface area contributed by atoms with Crippen molar-refractivity contribution in [3.8, 4) is 0 Å². The Hall–Kier alpha value is -2.99. The lowest BCUT2D eigenvalue weighted by atomic mass is 9.99. The number of carbonyl (C=O) groups excluding carboxylic acids is 1. The first-order valence-corrected chi connectivity index (χ1v) is 8.48. The highest BCUT2D eigenvalue weighted by Gasteiger charge is 2.25. The Bertz CT molecular complexity index is 845. The van der Waals surface area contributed by atoms with Gasteiger partial charge in [-0.3, -0.25) is 5.32 Å². The first kappa shape index (κ1) is 18.8. The van der Waals surface area contributed by atoms with Crippen LogP contribution in [0.2, 0.25) is 0 Å². The van der Waals surface area contributed by atoms with Crippen LogP contribution in [0.15, 0.2) is 66.4 Å². The summed E-state index contributed by atoms with van der Waals surface area (Å²) in [5, 5.41) is 3.08. The van der Waals surface area contributed by atoms with Gasteiger partial charge in [0.25, 0.3) is 0 Å². The molecule has 0 amide bonds. The molecule has 2 aromatic carbocycles. The number of carbonyl (C=O) groups is 1. The van der Waals surface area contributed by atoms with E-state index in [0.29, 0.717) is 35.2 Å². The Balaban J connectivity index is 1.96. The molecule has 4 nitrogen and oxygen atoms in total.